The third-order valence-corrected chi connectivity index (χ3v) is 5.34. The van der Waals surface area contributed by atoms with Gasteiger partial charge in [-0.25, -0.2) is 22.9 Å². The first-order valence-electron chi connectivity index (χ1n) is 9.09. The van der Waals surface area contributed by atoms with E-state index in [2.05, 4.69) is 10.3 Å². The molecule has 1 aliphatic heterocycles. The second kappa shape index (κ2) is 7.75. The number of benzene rings is 1. The molecule has 0 atom stereocenters. The SMILES string of the molecule is Nc1nc(-n2cc(C(=O)O)c(=O)c3cc(F)c(N4CCNCC4)c(Cl)c32)c(F)cc1F. The third-order valence-electron chi connectivity index (χ3n) is 4.99. The van der Waals surface area contributed by atoms with Crippen molar-refractivity contribution in [2.45, 2.75) is 0 Å². The Morgan fingerprint density at radius 3 is 2.48 bits per heavy atom. The number of nitrogen functional groups attached to an aromatic ring is 1. The molecule has 1 saturated heterocycles. The van der Waals surface area contributed by atoms with Crippen molar-refractivity contribution >= 4 is 40.0 Å². The summed E-state index contributed by atoms with van der Waals surface area (Å²) in [5.41, 5.74) is 3.46. The minimum absolute atomic E-state index is 0.0256. The molecule has 8 nitrogen and oxygen atoms in total. The number of hydrogen-bond donors (Lipinski definition) is 3. The molecule has 1 aliphatic rings. The fourth-order valence-corrected chi connectivity index (χ4v) is 3.94. The van der Waals surface area contributed by atoms with Crippen LogP contribution in [0.4, 0.5) is 24.7 Å². The number of carboxylic acids is 1. The number of anilines is 2. The highest BCUT2D eigenvalue weighted by molar-refractivity contribution is 6.38. The zero-order valence-corrected chi connectivity index (χ0v) is 16.5. The molecular weight excluding hydrogens is 439 g/mol. The lowest BCUT2D eigenvalue weighted by atomic mass is 10.1. The van der Waals surface area contributed by atoms with E-state index in [-0.39, 0.29) is 16.2 Å². The molecular formula is C19H15ClF3N5O3. The molecule has 162 valence electrons. The normalized spacial score (nSPS) is 14.3. The van der Waals surface area contributed by atoms with Gasteiger partial charge in [-0.15, -0.1) is 0 Å². The van der Waals surface area contributed by atoms with Crippen molar-refractivity contribution in [3.8, 4) is 5.82 Å². The molecule has 1 fully saturated rings. The van der Waals surface area contributed by atoms with Crippen LogP contribution >= 0.6 is 11.6 Å². The van der Waals surface area contributed by atoms with Crippen molar-refractivity contribution in [1.29, 1.82) is 0 Å². The van der Waals surface area contributed by atoms with E-state index in [1.165, 1.54) is 0 Å². The number of aromatic nitrogens is 2. The van der Waals surface area contributed by atoms with Crippen LogP contribution in [-0.4, -0.2) is 46.8 Å². The summed E-state index contributed by atoms with van der Waals surface area (Å²) in [4.78, 5) is 29.6. The Balaban J connectivity index is 2.13. The van der Waals surface area contributed by atoms with E-state index >= 15 is 4.39 Å². The molecule has 0 saturated carbocycles. The van der Waals surface area contributed by atoms with Crippen molar-refractivity contribution in [3.63, 3.8) is 0 Å². The number of halogens is 4. The van der Waals surface area contributed by atoms with Crippen LogP contribution in [0.25, 0.3) is 16.7 Å². The lowest BCUT2D eigenvalue weighted by Crippen LogP contribution is -2.44. The first kappa shape index (κ1) is 20.9. The number of fused-ring (bicyclic) bond motifs is 1. The lowest BCUT2D eigenvalue weighted by Gasteiger charge is -2.31. The molecule has 3 aromatic rings. The minimum Gasteiger partial charge on any atom is -0.477 e. The molecule has 12 heteroatoms. The van der Waals surface area contributed by atoms with Gasteiger partial charge in [0.1, 0.15) is 11.4 Å². The van der Waals surface area contributed by atoms with Crippen molar-refractivity contribution in [2.24, 2.45) is 0 Å². The van der Waals surface area contributed by atoms with E-state index in [1.807, 2.05) is 0 Å². The summed E-state index contributed by atoms with van der Waals surface area (Å²) < 4.78 is 44.1. The number of nitrogens with two attached hydrogens (primary N) is 1. The average molecular weight is 454 g/mol. The van der Waals surface area contributed by atoms with Gasteiger partial charge in [0.2, 0.25) is 5.43 Å². The molecule has 0 spiro atoms. The van der Waals surface area contributed by atoms with Gasteiger partial charge >= 0.3 is 5.97 Å². The summed E-state index contributed by atoms with van der Waals surface area (Å²) in [7, 11) is 0. The van der Waals surface area contributed by atoms with Crippen LogP contribution in [0.3, 0.4) is 0 Å². The standard InChI is InChI=1S/C19H15ClF3N5O3/c20-13-14-8(5-10(21)15(13)27-3-1-25-2-4-27)16(29)9(19(30)31)7-28(14)18-12(23)6-11(22)17(24)26-18/h5-7,25H,1-4H2,(H2,24,26)(H,30,31). The monoisotopic (exact) mass is 453 g/mol. The van der Waals surface area contributed by atoms with Gasteiger partial charge in [0, 0.05) is 38.4 Å². The highest BCUT2D eigenvalue weighted by Gasteiger charge is 2.26. The van der Waals surface area contributed by atoms with Gasteiger partial charge in [-0.3, -0.25) is 9.36 Å². The Labute approximate surface area is 177 Å². The highest BCUT2D eigenvalue weighted by atomic mass is 35.5. The van der Waals surface area contributed by atoms with E-state index in [0.29, 0.717) is 32.2 Å². The molecule has 4 N–H and O–H groups in total. The summed E-state index contributed by atoms with van der Waals surface area (Å²) in [5, 5.41) is 11.9. The Kier molecular flexibility index (Phi) is 5.23. The molecule has 0 radical (unpaired) electrons. The molecule has 0 aliphatic carbocycles. The number of pyridine rings is 2. The van der Waals surface area contributed by atoms with Crippen molar-refractivity contribution in [1.82, 2.24) is 14.9 Å². The quantitative estimate of drug-likeness (QED) is 0.557. The van der Waals surface area contributed by atoms with E-state index in [0.717, 1.165) is 16.8 Å². The summed E-state index contributed by atoms with van der Waals surface area (Å²) in [6.45, 7) is 1.94. The maximum Gasteiger partial charge on any atom is 0.341 e. The Morgan fingerprint density at radius 1 is 1.16 bits per heavy atom. The first-order valence-corrected chi connectivity index (χ1v) is 9.46. The minimum atomic E-state index is -1.63. The van der Waals surface area contributed by atoms with Gasteiger partial charge in [-0.05, 0) is 6.07 Å². The molecule has 31 heavy (non-hydrogen) atoms. The molecule has 1 aromatic carbocycles. The molecule has 0 unspecified atom stereocenters. The Morgan fingerprint density at radius 2 is 1.84 bits per heavy atom. The molecule has 0 bridgehead atoms. The molecule has 4 rings (SSSR count). The highest BCUT2D eigenvalue weighted by Crippen LogP contribution is 2.37. The first-order chi connectivity index (χ1) is 14.7. The van der Waals surface area contributed by atoms with E-state index in [4.69, 9.17) is 17.3 Å². The van der Waals surface area contributed by atoms with Crippen molar-refractivity contribution in [3.05, 3.63) is 56.6 Å². The second-order valence-corrected chi connectivity index (χ2v) is 7.24. The maximum absolute atomic E-state index is 15.0. The summed E-state index contributed by atoms with van der Waals surface area (Å²) >= 11 is 6.50. The average Bonchev–Trinajstić information content (AvgIpc) is 2.72. The number of hydrogen-bond acceptors (Lipinski definition) is 6. The third kappa shape index (κ3) is 3.45. The zero-order chi connectivity index (χ0) is 22.4. The topological polar surface area (TPSA) is 113 Å². The lowest BCUT2D eigenvalue weighted by molar-refractivity contribution is 0.0695. The predicted octanol–water partition coefficient (Wildman–Crippen LogP) is 2.15. The Hall–Kier alpha value is -3.31. The predicted molar refractivity (Wildman–Crippen MR) is 109 cm³/mol. The summed E-state index contributed by atoms with van der Waals surface area (Å²) in [6, 6.07) is 1.32. The Bertz CT molecular complexity index is 1290. The second-order valence-electron chi connectivity index (χ2n) is 6.86. The van der Waals surface area contributed by atoms with Crippen LogP contribution in [0.5, 0.6) is 0 Å². The van der Waals surface area contributed by atoms with Gasteiger partial charge in [-0.2, -0.15) is 0 Å². The largest absolute Gasteiger partial charge is 0.477 e. The van der Waals surface area contributed by atoms with Crippen molar-refractivity contribution in [2.75, 3.05) is 36.8 Å². The summed E-state index contributed by atoms with van der Waals surface area (Å²) in [5.74, 6) is -6.01. The van der Waals surface area contributed by atoms with Gasteiger partial charge in [-0.1, -0.05) is 11.6 Å². The number of nitrogens with one attached hydrogen (secondary N) is 1. The fourth-order valence-electron chi connectivity index (χ4n) is 3.54. The van der Waals surface area contributed by atoms with Gasteiger partial charge in [0.05, 0.1) is 21.6 Å². The van der Waals surface area contributed by atoms with E-state index in [9.17, 15) is 23.5 Å². The van der Waals surface area contributed by atoms with Crippen LogP contribution in [0, 0.1) is 17.5 Å². The zero-order valence-electron chi connectivity index (χ0n) is 15.8. The smallest absolute Gasteiger partial charge is 0.341 e. The number of rotatable bonds is 3. The number of carboxylic acid groups (broad SMARTS) is 1. The van der Waals surface area contributed by atoms with E-state index < -0.39 is 51.4 Å². The van der Waals surface area contributed by atoms with Gasteiger partial charge < -0.3 is 21.1 Å². The molecule has 0 amide bonds. The van der Waals surface area contributed by atoms with Gasteiger partial charge in [0.25, 0.3) is 0 Å². The van der Waals surface area contributed by atoms with Crippen LogP contribution in [0.2, 0.25) is 5.02 Å². The van der Waals surface area contributed by atoms with Crippen LogP contribution < -0.4 is 21.4 Å². The number of piperazine rings is 1. The van der Waals surface area contributed by atoms with Gasteiger partial charge in [0.15, 0.2) is 23.3 Å². The fraction of sp³-hybridized carbons (Fsp3) is 0.211. The molecule has 2 aromatic heterocycles. The van der Waals surface area contributed by atoms with Crippen LogP contribution in [0.1, 0.15) is 10.4 Å². The number of carbonyl (C=O) groups is 1. The number of nitrogens with zero attached hydrogens (tertiary/aromatic N) is 3. The number of aromatic carboxylic acids is 1. The maximum atomic E-state index is 15.0. The van der Waals surface area contributed by atoms with Crippen LogP contribution in [-0.2, 0) is 0 Å². The molecule has 3 heterocycles. The summed E-state index contributed by atoms with van der Waals surface area (Å²) in [6.07, 6.45) is 0.807. The van der Waals surface area contributed by atoms with Crippen LogP contribution in [0.15, 0.2) is 23.1 Å². The van der Waals surface area contributed by atoms with E-state index in [1.54, 1.807) is 4.90 Å². The van der Waals surface area contributed by atoms with Crippen molar-refractivity contribution < 1.29 is 23.1 Å².